The van der Waals surface area contributed by atoms with Gasteiger partial charge in [-0.1, -0.05) is 25.4 Å². The van der Waals surface area contributed by atoms with E-state index in [0.717, 1.165) is 0 Å². The molecule has 1 heterocycles. The van der Waals surface area contributed by atoms with E-state index in [1.165, 1.54) is 6.26 Å². The first-order valence-corrected chi connectivity index (χ1v) is 7.96. The monoisotopic (exact) mass is 349 g/mol. The summed E-state index contributed by atoms with van der Waals surface area (Å²) >= 11 is 6.16. The van der Waals surface area contributed by atoms with Gasteiger partial charge in [0.2, 0.25) is 0 Å². The average molecular weight is 350 g/mol. The highest BCUT2D eigenvalue weighted by Gasteiger charge is 2.13. The molecular weight excluding hydrogens is 330 g/mol. The molecule has 0 aliphatic carbocycles. The van der Waals surface area contributed by atoms with Crippen LogP contribution in [0.4, 0.5) is 16.2 Å². The lowest BCUT2D eigenvalue weighted by molar-refractivity contribution is 0.0996. The van der Waals surface area contributed by atoms with Crippen LogP contribution in [0.15, 0.2) is 41.0 Å². The molecule has 0 fully saturated rings. The highest BCUT2D eigenvalue weighted by Crippen LogP contribution is 2.26. The fraction of sp³-hybridized carbons (Fsp3) is 0.294. The first-order valence-electron chi connectivity index (χ1n) is 7.58. The van der Waals surface area contributed by atoms with Crippen LogP contribution in [0, 0.1) is 5.92 Å². The Labute approximate surface area is 145 Å². The minimum atomic E-state index is -0.397. The summed E-state index contributed by atoms with van der Waals surface area (Å²) in [5, 5.41) is 8.51. The normalized spacial score (nSPS) is 11.9. The Kier molecular flexibility index (Phi) is 5.87. The first-order chi connectivity index (χ1) is 11.4. The van der Waals surface area contributed by atoms with Crippen molar-refractivity contribution >= 4 is 34.9 Å². The van der Waals surface area contributed by atoms with Crippen molar-refractivity contribution in [2.45, 2.75) is 26.8 Å². The van der Waals surface area contributed by atoms with Crippen molar-refractivity contribution in [2.24, 2.45) is 5.92 Å². The lowest BCUT2D eigenvalue weighted by Crippen LogP contribution is -2.38. The van der Waals surface area contributed by atoms with E-state index in [-0.39, 0.29) is 17.8 Å². The number of anilines is 2. The van der Waals surface area contributed by atoms with Gasteiger partial charge in [-0.25, -0.2) is 4.79 Å². The third kappa shape index (κ3) is 4.76. The molecule has 0 bridgehead atoms. The van der Waals surface area contributed by atoms with E-state index in [9.17, 15) is 9.59 Å². The Morgan fingerprint density at radius 1 is 1.12 bits per heavy atom. The maximum absolute atomic E-state index is 11.9. The first kappa shape index (κ1) is 17.9. The highest BCUT2D eigenvalue weighted by molar-refractivity contribution is 6.34. The molecular formula is C17H20ClN3O3. The summed E-state index contributed by atoms with van der Waals surface area (Å²) in [5.41, 5.74) is 0.962. The lowest BCUT2D eigenvalue weighted by Gasteiger charge is -2.18. The molecule has 0 aliphatic rings. The molecule has 1 aromatic heterocycles. The average Bonchev–Trinajstić information content (AvgIpc) is 3.04. The highest BCUT2D eigenvalue weighted by atomic mass is 35.5. The van der Waals surface area contributed by atoms with E-state index >= 15 is 0 Å². The molecule has 2 rings (SSSR count). The zero-order chi connectivity index (χ0) is 17.7. The molecule has 0 unspecified atom stereocenters. The predicted octanol–water partition coefficient (Wildman–Crippen LogP) is 4.35. The second-order valence-electron chi connectivity index (χ2n) is 5.76. The van der Waals surface area contributed by atoms with Gasteiger partial charge in [0.05, 0.1) is 17.0 Å². The molecule has 128 valence electrons. The van der Waals surface area contributed by atoms with Crippen LogP contribution in [-0.2, 0) is 0 Å². The van der Waals surface area contributed by atoms with Crippen molar-refractivity contribution in [3.8, 4) is 0 Å². The molecule has 3 N–H and O–H groups in total. The molecule has 0 aliphatic heterocycles. The van der Waals surface area contributed by atoms with E-state index in [1.54, 1.807) is 30.3 Å². The summed E-state index contributed by atoms with van der Waals surface area (Å²) in [6.45, 7) is 5.99. The number of carbonyl (C=O) groups is 2. The molecule has 6 nitrogen and oxygen atoms in total. The molecule has 1 atom stereocenters. The Hall–Kier alpha value is -2.47. The third-order valence-electron chi connectivity index (χ3n) is 3.58. The van der Waals surface area contributed by atoms with Crippen LogP contribution in [0.25, 0.3) is 0 Å². The number of amides is 3. The number of halogens is 1. The molecule has 24 heavy (non-hydrogen) atoms. The van der Waals surface area contributed by atoms with Gasteiger partial charge < -0.3 is 20.4 Å². The number of furan rings is 1. The van der Waals surface area contributed by atoms with E-state index in [1.807, 2.05) is 20.8 Å². The summed E-state index contributed by atoms with van der Waals surface area (Å²) in [6, 6.07) is 7.76. The molecule has 0 radical (unpaired) electrons. The van der Waals surface area contributed by atoms with Crippen LogP contribution in [-0.4, -0.2) is 18.0 Å². The van der Waals surface area contributed by atoms with E-state index in [4.69, 9.17) is 16.0 Å². The smallest absolute Gasteiger partial charge is 0.319 e. The zero-order valence-electron chi connectivity index (χ0n) is 13.7. The Bertz CT molecular complexity index is 714. The van der Waals surface area contributed by atoms with Gasteiger partial charge in [-0.05, 0) is 43.2 Å². The largest absolute Gasteiger partial charge is 0.459 e. The van der Waals surface area contributed by atoms with E-state index in [2.05, 4.69) is 16.0 Å². The summed E-state index contributed by atoms with van der Waals surface area (Å²) in [6.07, 6.45) is 1.42. The van der Waals surface area contributed by atoms with E-state index < -0.39 is 5.91 Å². The van der Waals surface area contributed by atoms with Crippen LogP contribution >= 0.6 is 11.6 Å². The molecule has 0 spiro atoms. The predicted molar refractivity (Wildman–Crippen MR) is 94.6 cm³/mol. The lowest BCUT2D eigenvalue weighted by atomic mass is 10.1. The SMILES string of the molecule is CC(C)[C@H](C)NC(=O)Nc1ccc(NC(=O)c2ccco2)c(Cl)c1. The Balaban J connectivity index is 1.99. The number of benzene rings is 1. The summed E-state index contributed by atoms with van der Waals surface area (Å²) in [5.74, 6) is 0.125. The third-order valence-corrected chi connectivity index (χ3v) is 3.89. The minimum Gasteiger partial charge on any atom is -0.459 e. The van der Waals surface area contributed by atoms with Crippen molar-refractivity contribution in [1.82, 2.24) is 5.32 Å². The van der Waals surface area contributed by atoms with Gasteiger partial charge in [-0.3, -0.25) is 4.79 Å². The Morgan fingerprint density at radius 2 is 1.88 bits per heavy atom. The van der Waals surface area contributed by atoms with Crippen LogP contribution in [0.1, 0.15) is 31.3 Å². The van der Waals surface area contributed by atoms with Gasteiger partial charge in [0.1, 0.15) is 0 Å². The molecule has 0 saturated carbocycles. The molecule has 7 heteroatoms. The van der Waals surface area contributed by atoms with Crippen LogP contribution in [0.2, 0.25) is 5.02 Å². The summed E-state index contributed by atoms with van der Waals surface area (Å²) in [4.78, 5) is 23.8. The van der Waals surface area contributed by atoms with Gasteiger partial charge in [0.25, 0.3) is 5.91 Å². The maximum Gasteiger partial charge on any atom is 0.319 e. The van der Waals surface area contributed by atoms with Crippen LogP contribution < -0.4 is 16.0 Å². The standard InChI is InChI=1S/C17H20ClN3O3/c1-10(2)11(3)19-17(23)20-12-6-7-14(13(18)9-12)21-16(22)15-5-4-8-24-15/h4-11H,1-3H3,(H,21,22)(H2,19,20,23)/t11-/m0/s1. The maximum atomic E-state index is 11.9. The van der Waals surface area contributed by atoms with Gasteiger partial charge in [-0.15, -0.1) is 0 Å². The van der Waals surface area contributed by atoms with Crippen molar-refractivity contribution in [1.29, 1.82) is 0 Å². The van der Waals surface area contributed by atoms with Crippen molar-refractivity contribution < 1.29 is 14.0 Å². The number of hydrogen-bond acceptors (Lipinski definition) is 3. The zero-order valence-corrected chi connectivity index (χ0v) is 14.5. The number of carbonyl (C=O) groups excluding carboxylic acids is 2. The molecule has 2 aromatic rings. The summed E-state index contributed by atoms with van der Waals surface area (Å²) < 4.78 is 5.02. The summed E-state index contributed by atoms with van der Waals surface area (Å²) in [7, 11) is 0. The number of rotatable bonds is 5. The van der Waals surface area contributed by atoms with Crippen molar-refractivity contribution in [3.05, 3.63) is 47.4 Å². The fourth-order valence-electron chi connectivity index (χ4n) is 1.83. The second-order valence-corrected chi connectivity index (χ2v) is 6.16. The molecule has 3 amide bonds. The number of hydrogen-bond donors (Lipinski definition) is 3. The molecule has 1 aromatic carbocycles. The van der Waals surface area contributed by atoms with Gasteiger partial charge in [-0.2, -0.15) is 0 Å². The van der Waals surface area contributed by atoms with Gasteiger partial charge in [0, 0.05) is 11.7 Å². The van der Waals surface area contributed by atoms with Gasteiger partial charge in [0.15, 0.2) is 5.76 Å². The quantitative estimate of drug-likeness (QED) is 0.750. The molecule has 0 saturated heterocycles. The fourth-order valence-corrected chi connectivity index (χ4v) is 2.05. The van der Waals surface area contributed by atoms with Crippen molar-refractivity contribution in [3.63, 3.8) is 0 Å². The Morgan fingerprint density at radius 3 is 2.46 bits per heavy atom. The topological polar surface area (TPSA) is 83.4 Å². The van der Waals surface area contributed by atoms with Crippen LogP contribution in [0.3, 0.4) is 0 Å². The van der Waals surface area contributed by atoms with Crippen LogP contribution in [0.5, 0.6) is 0 Å². The van der Waals surface area contributed by atoms with Crippen molar-refractivity contribution in [2.75, 3.05) is 10.6 Å². The number of urea groups is 1. The minimum absolute atomic E-state index is 0.0485. The number of nitrogens with one attached hydrogen (secondary N) is 3. The second kappa shape index (κ2) is 7.88. The van der Waals surface area contributed by atoms with E-state index in [0.29, 0.717) is 22.3 Å². The van der Waals surface area contributed by atoms with Gasteiger partial charge >= 0.3 is 6.03 Å².